The van der Waals surface area contributed by atoms with Gasteiger partial charge in [-0.1, -0.05) is 25.5 Å². The predicted octanol–water partition coefficient (Wildman–Crippen LogP) is 3.54. The molecule has 0 aliphatic carbocycles. The van der Waals surface area contributed by atoms with Crippen molar-refractivity contribution in [1.29, 1.82) is 0 Å². The van der Waals surface area contributed by atoms with Crippen LogP contribution in [-0.4, -0.2) is 23.7 Å². The van der Waals surface area contributed by atoms with Gasteiger partial charge in [0.1, 0.15) is 5.82 Å². The van der Waals surface area contributed by atoms with Gasteiger partial charge in [-0.25, -0.2) is 9.97 Å². The Hall–Kier alpha value is -2.10. The average molecular weight is 312 g/mol. The second kappa shape index (κ2) is 6.99. The average Bonchev–Trinajstić information content (AvgIpc) is 2.56. The third kappa shape index (κ3) is 3.46. The Balaban J connectivity index is 1.79. The molecular formula is C19H24N2O2. The van der Waals surface area contributed by atoms with Crippen molar-refractivity contribution in [3.05, 3.63) is 47.0 Å². The fourth-order valence-electron chi connectivity index (χ4n) is 3.22. The molecule has 4 nitrogen and oxygen atoms in total. The molecule has 0 saturated heterocycles. The summed E-state index contributed by atoms with van der Waals surface area (Å²) in [6.07, 6.45) is 6.08. The number of fused-ring (bicyclic) bond motifs is 1. The van der Waals surface area contributed by atoms with Crippen molar-refractivity contribution in [2.75, 3.05) is 13.7 Å². The van der Waals surface area contributed by atoms with Gasteiger partial charge in [-0.2, -0.15) is 0 Å². The number of hydrogen-bond acceptors (Lipinski definition) is 4. The zero-order valence-electron chi connectivity index (χ0n) is 14.1. The lowest BCUT2D eigenvalue weighted by molar-refractivity contribution is 0.210. The van der Waals surface area contributed by atoms with Gasteiger partial charge in [0.15, 0.2) is 11.5 Å². The minimum Gasteiger partial charge on any atom is -0.493 e. The third-order valence-corrected chi connectivity index (χ3v) is 4.33. The van der Waals surface area contributed by atoms with Crippen molar-refractivity contribution in [1.82, 2.24) is 9.97 Å². The lowest BCUT2D eigenvalue weighted by Crippen LogP contribution is -2.24. The molecule has 0 fully saturated rings. The van der Waals surface area contributed by atoms with Crippen LogP contribution in [-0.2, 0) is 19.3 Å². The third-order valence-electron chi connectivity index (χ3n) is 4.33. The SMILES string of the molecule is CCCc1cnc(C)nc1CC1COc2c(cccc2OC)C1. The van der Waals surface area contributed by atoms with Gasteiger partial charge < -0.3 is 9.47 Å². The minimum absolute atomic E-state index is 0.444. The molecule has 2 aromatic rings. The molecule has 1 aliphatic rings. The second-order valence-corrected chi connectivity index (χ2v) is 6.17. The van der Waals surface area contributed by atoms with E-state index in [0.717, 1.165) is 43.0 Å². The quantitative estimate of drug-likeness (QED) is 0.847. The molecule has 122 valence electrons. The number of rotatable bonds is 5. The summed E-state index contributed by atoms with van der Waals surface area (Å²) in [5, 5.41) is 0. The van der Waals surface area contributed by atoms with E-state index in [9.17, 15) is 0 Å². The number of methoxy groups -OCH3 is 1. The fourth-order valence-corrected chi connectivity index (χ4v) is 3.22. The van der Waals surface area contributed by atoms with Crippen LogP contribution >= 0.6 is 0 Å². The minimum atomic E-state index is 0.444. The van der Waals surface area contributed by atoms with Crippen LogP contribution in [0.3, 0.4) is 0 Å². The van der Waals surface area contributed by atoms with Gasteiger partial charge in [-0.15, -0.1) is 0 Å². The highest BCUT2D eigenvalue weighted by Gasteiger charge is 2.24. The van der Waals surface area contributed by atoms with E-state index in [1.165, 1.54) is 16.8 Å². The van der Waals surface area contributed by atoms with Gasteiger partial charge in [0, 0.05) is 17.8 Å². The first-order valence-corrected chi connectivity index (χ1v) is 8.31. The van der Waals surface area contributed by atoms with Crippen LogP contribution in [0.15, 0.2) is 24.4 Å². The molecule has 0 bridgehead atoms. The summed E-state index contributed by atoms with van der Waals surface area (Å²) in [7, 11) is 1.69. The lowest BCUT2D eigenvalue weighted by Gasteiger charge is -2.26. The Morgan fingerprint density at radius 2 is 2.22 bits per heavy atom. The predicted molar refractivity (Wildman–Crippen MR) is 90.2 cm³/mol. The molecule has 1 atom stereocenters. The molecule has 2 heterocycles. The molecule has 1 aliphatic heterocycles. The van der Waals surface area contributed by atoms with Crippen molar-refractivity contribution in [2.45, 2.75) is 39.5 Å². The van der Waals surface area contributed by atoms with Crippen LogP contribution in [0.25, 0.3) is 0 Å². The Bertz CT molecular complexity index is 685. The van der Waals surface area contributed by atoms with Crippen molar-refractivity contribution in [3.8, 4) is 11.5 Å². The van der Waals surface area contributed by atoms with E-state index in [-0.39, 0.29) is 0 Å². The highest BCUT2D eigenvalue weighted by Crippen LogP contribution is 2.36. The number of ether oxygens (including phenoxy) is 2. The standard InChI is InChI=1S/C19H24N2O2/c1-4-6-16-11-20-13(2)21-17(16)10-14-9-15-7-5-8-18(22-3)19(15)23-12-14/h5,7-8,11,14H,4,6,9-10,12H2,1-3H3. The van der Waals surface area contributed by atoms with Gasteiger partial charge in [-0.05, 0) is 43.4 Å². The molecule has 1 aromatic heterocycles. The Kier molecular flexibility index (Phi) is 4.79. The van der Waals surface area contributed by atoms with Crippen LogP contribution < -0.4 is 9.47 Å². The van der Waals surface area contributed by atoms with Crippen molar-refractivity contribution < 1.29 is 9.47 Å². The fraction of sp³-hybridized carbons (Fsp3) is 0.474. The molecule has 0 spiro atoms. The number of nitrogens with zero attached hydrogens (tertiary/aromatic N) is 2. The summed E-state index contributed by atoms with van der Waals surface area (Å²) < 4.78 is 11.4. The second-order valence-electron chi connectivity index (χ2n) is 6.17. The topological polar surface area (TPSA) is 44.2 Å². The number of aromatic nitrogens is 2. The monoisotopic (exact) mass is 312 g/mol. The number of para-hydroxylation sites is 1. The van der Waals surface area contributed by atoms with Crippen LogP contribution in [0.1, 0.15) is 36.0 Å². The summed E-state index contributed by atoms with van der Waals surface area (Å²) in [6.45, 7) is 4.86. The first-order valence-electron chi connectivity index (χ1n) is 8.31. The maximum atomic E-state index is 5.99. The lowest BCUT2D eigenvalue weighted by atomic mass is 9.91. The Labute approximate surface area is 137 Å². The molecule has 0 amide bonds. The molecule has 23 heavy (non-hydrogen) atoms. The highest BCUT2D eigenvalue weighted by molar-refractivity contribution is 5.47. The Morgan fingerprint density at radius 1 is 1.35 bits per heavy atom. The van der Waals surface area contributed by atoms with Crippen LogP contribution in [0.5, 0.6) is 11.5 Å². The first kappa shape index (κ1) is 15.8. The molecule has 0 saturated carbocycles. The maximum absolute atomic E-state index is 5.99. The number of benzene rings is 1. The molecule has 0 N–H and O–H groups in total. The van der Waals surface area contributed by atoms with E-state index >= 15 is 0 Å². The van der Waals surface area contributed by atoms with E-state index in [1.54, 1.807) is 7.11 Å². The van der Waals surface area contributed by atoms with Crippen molar-refractivity contribution in [2.24, 2.45) is 5.92 Å². The number of hydrogen-bond donors (Lipinski definition) is 0. The van der Waals surface area contributed by atoms with E-state index in [4.69, 9.17) is 9.47 Å². The van der Waals surface area contributed by atoms with Gasteiger partial charge in [-0.3, -0.25) is 0 Å². The Morgan fingerprint density at radius 3 is 3.00 bits per heavy atom. The van der Waals surface area contributed by atoms with Crippen molar-refractivity contribution in [3.63, 3.8) is 0 Å². The van der Waals surface area contributed by atoms with Gasteiger partial charge in [0.2, 0.25) is 0 Å². The normalized spacial score (nSPS) is 16.6. The van der Waals surface area contributed by atoms with Gasteiger partial charge in [0.05, 0.1) is 13.7 Å². The largest absolute Gasteiger partial charge is 0.493 e. The first-order chi connectivity index (χ1) is 11.2. The smallest absolute Gasteiger partial charge is 0.164 e. The molecule has 3 rings (SSSR count). The summed E-state index contributed by atoms with van der Waals surface area (Å²) in [4.78, 5) is 9.04. The molecule has 1 unspecified atom stereocenters. The maximum Gasteiger partial charge on any atom is 0.164 e. The van der Waals surface area contributed by atoms with Crippen LogP contribution in [0, 0.1) is 12.8 Å². The summed E-state index contributed by atoms with van der Waals surface area (Å²) in [6, 6.07) is 6.11. The van der Waals surface area contributed by atoms with E-state index < -0.39 is 0 Å². The van der Waals surface area contributed by atoms with Gasteiger partial charge in [0.25, 0.3) is 0 Å². The van der Waals surface area contributed by atoms with E-state index in [1.807, 2.05) is 25.3 Å². The number of aryl methyl sites for hydroxylation is 2. The summed E-state index contributed by atoms with van der Waals surface area (Å²) >= 11 is 0. The van der Waals surface area contributed by atoms with Crippen molar-refractivity contribution >= 4 is 0 Å². The molecule has 4 heteroatoms. The van der Waals surface area contributed by atoms with Crippen LogP contribution in [0.2, 0.25) is 0 Å². The molecule has 0 radical (unpaired) electrons. The summed E-state index contributed by atoms with van der Waals surface area (Å²) in [5.74, 6) is 3.02. The summed E-state index contributed by atoms with van der Waals surface area (Å²) in [5.41, 5.74) is 3.68. The van der Waals surface area contributed by atoms with E-state index in [0.29, 0.717) is 12.5 Å². The zero-order valence-corrected chi connectivity index (χ0v) is 14.1. The molecular weight excluding hydrogens is 288 g/mol. The highest BCUT2D eigenvalue weighted by atomic mass is 16.5. The zero-order chi connectivity index (χ0) is 16.2. The van der Waals surface area contributed by atoms with Gasteiger partial charge >= 0.3 is 0 Å². The van der Waals surface area contributed by atoms with Crippen LogP contribution in [0.4, 0.5) is 0 Å². The molecule has 1 aromatic carbocycles. The van der Waals surface area contributed by atoms with E-state index in [2.05, 4.69) is 23.0 Å².